The van der Waals surface area contributed by atoms with Crippen molar-refractivity contribution in [3.05, 3.63) is 0 Å². The van der Waals surface area contributed by atoms with E-state index in [1.807, 2.05) is 0 Å². The van der Waals surface area contributed by atoms with E-state index in [0.717, 1.165) is 23.8 Å². The Kier molecular flexibility index (Phi) is 2.92. The van der Waals surface area contributed by atoms with Crippen molar-refractivity contribution in [3.8, 4) is 0 Å². The average molecular weight is 181 g/mol. The monoisotopic (exact) mass is 181 g/mol. The first-order valence-corrected chi connectivity index (χ1v) is 5.99. The predicted octanol–water partition coefficient (Wildman–Crippen LogP) is 2.81. The van der Waals surface area contributed by atoms with Crippen LogP contribution in [0.15, 0.2) is 0 Å². The molecular weight excluding hydrogens is 158 g/mol. The fraction of sp³-hybridized carbons (Fsp3) is 1.00. The maximum atomic E-state index is 3.73. The van der Waals surface area contributed by atoms with Crippen LogP contribution < -0.4 is 5.32 Å². The standard InChI is InChI=1S/C12H23N/c1-9-3-6-12(7-10(9)2)13-8-11-4-5-11/h9-13H,3-8H2,1-2H3/t9-,10-,12-/m1/s1. The Balaban J connectivity index is 1.68. The molecule has 0 spiro atoms. The summed E-state index contributed by atoms with van der Waals surface area (Å²) in [5, 5.41) is 3.73. The van der Waals surface area contributed by atoms with Crippen LogP contribution in [0.2, 0.25) is 0 Å². The summed E-state index contributed by atoms with van der Waals surface area (Å²) in [5.41, 5.74) is 0. The first-order valence-electron chi connectivity index (χ1n) is 5.99. The van der Waals surface area contributed by atoms with Gasteiger partial charge in [0.05, 0.1) is 0 Å². The molecule has 2 saturated carbocycles. The summed E-state index contributed by atoms with van der Waals surface area (Å²) in [6.45, 7) is 6.11. The Morgan fingerprint density at radius 2 is 1.77 bits per heavy atom. The topological polar surface area (TPSA) is 12.0 Å². The molecule has 2 aliphatic carbocycles. The predicted molar refractivity (Wildman–Crippen MR) is 56.7 cm³/mol. The van der Waals surface area contributed by atoms with Gasteiger partial charge in [0, 0.05) is 6.04 Å². The van der Waals surface area contributed by atoms with E-state index in [4.69, 9.17) is 0 Å². The first kappa shape index (κ1) is 9.51. The number of nitrogens with one attached hydrogen (secondary N) is 1. The highest BCUT2D eigenvalue weighted by Gasteiger charge is 2.26. The minimum Gasteiger partial charge on any atom is -0.314 e. The van der Waals surface area contributed by atoms with Gasteiger partial charge in [-0.1, -0.05) is 13.8 Å². The lowest BCUT2D eigenvalue weighted by Gasteiger charge is -2.32. The molecule has 2 aliphatic rings. The number of rotatable bonds is 3. The van der Waals surface area contributed by atoms with Crippen molar-refractivity contribution in [1.29, 1.82) is 0 Å². The van der Waals surface area contributed by atoms with Crippen molar-refractivity contribution in [3.63, 3.8) is 0 Å². The molecule has 0 radical (unpaired) electrons. The third kappa shape index (κ3) is 2.70. The smallest absolute Gasteiger partial charge is 0.00699 e. The van der Waals surface area contributed by atoms with Gasteiger partial charge in [-0.3, -0.25) is 0 Å². The fourth-order valence-corrected chi connectivity index (χ4v) is 2.39. The van der Waals surface area contributed by atoms with Crippen molar-refractivity contribution < 1.29 is 0 Å². The van der Waals surface area contributed by atoms with Crippen LogP contribution in [-0.2, 0) is 0 Å². The second-order valence-electron chi connectivity index (χ2n) is 5.32. The van der Waals surface area contributed by atoms with E-state index in [1.54, 1.807) is 0 Å². The minimum atomic E-state index is 0.840. The van der Waals surface area contributed by atoms with Crippen molar-refractivity contribution in [2.45, 2.75) is 52.0 Å². The molecule has 1 N–H and O–H groups in total. The van der Waals surface area contributed by atoms with E-state index in [9.17, 15) is 0 Å². The van der Waals surface area contributed by atoms with Gasteiger partial charge in [-0.15, -0.1) is 0 Å². The molecule has 0 heterocycles. The van der Waals surface area contributed by atoms with Crippen LogP contribution >= 0.6 is 0 Å². The average Bonchev–Trinajstić information content (AvgIpc) is 2.91. The maximum absolute atomic E-state index is 3.73. The van der Waals surface area contributed by atoms with Crippen molar-refractivity contribution in [2.24, 2.45) is 17.8 Å². The van der Waals surface area contributed by atoms with Crippen LogP contribution in [-0.4, -0.2) is 12.6 Å². The van der Waals surface area contributed by atoms with Gasteiger partial charge in [0.15, 0.2) is 0 Å². The van der Waals surface area contributed by atoms with Crippen LogP contribution in [0.3, 0.4) is 0 Å². The molecule has 13 heavy (non-hydrogen) atoms. The van der Waals surface area contributed by atoms with Crippen LogP contribution in [0.25, 0.3) is 0 Å². The minimum absolute atomic E-state index is 0.840. The largest absolute Gasteiger partial charge is 0.314 e. The molecule has 0 aromatic rings. The molecule has 0 aromatic carbocycles. The molecule has 0 aromatic heterocycles. The maximum Gasteiger partial charge on any atom is 0.00699 e. The van der Waals surface area contributed by atoms with Crippen LogP contribution in [0.1, 0.15) is 46.0 Å². The quantitative estimate of drug-likeness (QED) is 0.706. The van der Waals surface area contributed by atoms with Crippen molar-refractivity contribution in [1.82, 2.24) is 5.32 Å². The summed E-state index contributed by atoms with van der Waals surface area (Å²) < 4.78 is 0. The third-order valence-corrected chi connectivity index (χ3v) is 3.99. The Bertz CT molecular complexity index is 163. The lowest BCUT2D eigenvalue weighted by molar-refractivity contribution is 0.225. The van der Waals surface area contributed by atoms with Gasteiger partial charge < -0.3 is 5.32 Å². The van der Waals surface area contributed by atoms with E-state index in [2.05, 4.69) is 19.2 Å². The summed E-state index contributed by atoms with van der Waals surface area (Å²) in [5.74, 6) is 2.93. The third-order valence-electron chi connectivity index (χ3n) is 3.99. The fourth-order valence-electron chi connectivity index (χ4n) is 2.39. The first-order chi connectivity index (χ1) is 6.25. The molecule has 0 bridgehead atoms. The highest BCUT2D eigenvalue weighted by molar-refractivity contribution is 4.83. The van der Waals surface area contributed by atoms with E-state index in [-0.39, 0.29) is 0 Å². The second-order valence-corrected chi connectivity index (χ2v) is 5.32. The van der Waals surface area contributed by atoms with Gasteiger partial charge in [-0.05, 0) is 56.4 Å². The molecule has 2 rings (SSSR count). The molecule has 2 fully saturated rings. The zero-order chi connectivity index (χ0) is 9.26. The zero-order valence-electron chi connectivity index (χ0n) is 9.05. The van der Waals surface area contributed by atoms with Gasteiger partial charge in [0.1, 0.15) is 0 Å². The van der Waals surface area contributed by atoms with Gasteiger partial charge in [0.2, 0.25) is 0 Å². The Morgan fingerprint density at radius 3 is 2.38 bits per heavy atom. The van der Waals surface area contributed by atoms with E-state index in [1.165, 1.54) is 38.6 Å². The van der Waals surface area contributed by atoms with Gasteiger partial charge in [-0.2, -0.15) is 0 Å². The molecular formula is C12H23N. The molecule has 3 atom stereocenters. The van der Waals surface area contributed by atoms with Gasteiger partial charge in [-0.25, -0.2) is 0 Å². The normalized spacial score (nSPS) is 40.6. The summed E-state index contributed by atoms with van der Waals surface area (Å²) >= 11 is 0. The summed E-state index contributed by atoms with van der Waals surface area (Å²) in [7, 11) is 0. The summed E-state index contributed by atoms with van der Waals surface area (Å²) in [6, 6.07) is 0.840. The molecule has 0 amide bonds. The molecule has 1 nitrogen and oxygen atoms in total. The molecule has 0 unspecified atom stereocenters. The SMILES string of the molecule is C[C@@H]1CC[C@@H](NCC2CC2)C[C@H]1C. The van der Waals surface area contributed by atoms with Crippen LogP contribution in [0, 0.1) is 17.8 Å². The van der Waals surface area contributed by atoms with Gasteiger partial charge >= 0.3 is 0 Å². The van der Waals surface area contributed by atoms with E-state index in [0.29, 0.717) is 0 Å². The van der Waals surface area contributed by atoms with Gasteiger partial charge in [0.25, 0.3) is 0 Å². The second kappa shape index (κ2) is 4.00. The highest BCUT2D eigenvalue weighted by atomic mass is 14.9. The number of hydrogen-bond acceptors (Lipinski definition) is 1. The summed E-state index contributed by atoms with van der Waals surface area (Å²) in [6.07, 6.45) is 7.22. The van der Waals surface area contributed by atoms with E-state index >= 15 is 0 Å². The molecule has 76 valence electrons. The zero-order valence-corrected chi connectivity index (χ0v) is 9.05. The molecule has 0 aliphatic heterocycles. The van der Waals surface area contributed by atoms with Crippen molar-refractivity contribution >= 4 is 0 Å². The van der Waals surface area contributed by atoms with Crippen molar-refractivity contribution in [2.75, 3.05) is 6.54 Å². The number of hydrogen-bond donors (Lipinski definition) is 1. The molecule has 1 heteroatoms. The Morgan fingerprint density at radius 1 is 1.00 bits per heavy atom. The van der Waals surface area contributed by atoms with Crippen LogP contribution in [0.4, 0.5) is 0 Å². The van der Waals surface area contributed by atoms with Crippen LogP contribution in [0.5, 0.6) is 0 Å². The van der Waals surface area contributed by atoms with E-state index < -0.39 is 0 Å². The Hall–Kier alpha value is -0.0400. The lowest BCUT2D eigenvalue weighted by Crippen LogP contribution is -2.37. The highest BCUT2D eigenvalue weighted by Crippen LogP contribution is 2.31. The Labute approximate surface area is 82.3 Å². The lowest BCUT2D eigenvalue weighted by atomic mass is 9.79. The summed E-state index contributed by atoms with van der Waals surface area (Å²) in [4.78, 5) is 0. The molecule has 0 saturated heterocycles.